The molecule has 2 heterocycles. The molecule has 0 radical (unpaired) electrons. The summed E-state index contributed by atoms with van der Waals surface area (Å²) in [5, 5.41) is 0. The minimum Gasteiger partial charge on any atom is -0.463 e. The maximum absolute atomic E-state index is 5.76. The summed E-state index contributed by atoms with van der Waals surface area (Å²) in [7, 11) is 3.87. The smallest absolute Gasteiger partial charge is 0.282 e. The van der Waals surface area contributed by atoms with Gasteiger partial charge in [-0.3, -0.25) is 0 Å². The molecule has 1 spiro atoms. The normalized spacial score (nSPS) is 22.0. The van der Waals surface area contributed by atoms with Crippen LogP contribution in [0.2, 0.25) is 0 Å². The topological polar surface area (TPSA) is 76.6 Å². The number of fused-ring (bicyclic) bond motifs is 1. The third-order valence-corrected chi connectivity index (χ3v) is 4.82. The maximum atomic E-state index is 5.76. The highest BCUT2D eigenvalue weighted by atomic mass is 16.5. The van der Waals surface area contributed by atoms with Crippen LogP contribution in [0.4, 0.5) is 5.95 Å². The van der Waals surface area contributed by atoms with Crippen molar-refractivity contribution in [2.45, 2.75) is 24.8 Å². The van der Waals surface area contributed by atoms with Crippen LogP contribution in [0.1, 0.15) is 17.5 Å². The van der Waals surface area contributed by atoms with E-state index in [9.17, 15) is 0 Å². The highest BCUT2D eigenvalue weighted by molar-refractivity contribution is 5.74. The van der Waals surface area contributed by atoms with Crippen LogP contribution in [0.5, 0.6) is 0 Å². The van der Waals surface area contributed by atoms with E-state index in [1.807, 2.05) is 31.4 Å². The summed E-state index contributed by atoms with van der Waals surface area (Å²) in [6.45, 7) is 0.572. The molecule has 2 aliphatic rings. The van der Waals surface area contributed by atoms with Gasteiger partial charge in [0.05, 0.1) is 0 Å². The number of nitrogens with two attached hydrogens (primary N) is 1. The molecule has 0 saturated heterocycles. The second-order valence-electron chi connectivity index (χ2n) is 6.75. The Morgan fingerprint density at radius 3 is 2.67 bits per heavy atom. The van der Waals surface area contributed by atoms with Gasteiger partial charge in [-0.25, -0.2) is 15.0 Å². The zero-order chi connectivity index (χ0) is 16.7. The molecule has 1 unspecified atom stereocenters. The number of benzene rings is 1. The standard InChI is InChI=1S/C18H21N5O/c1-23(2)17-20-9-13(10-21-17)14-5-3-4-12-6-7-18(8-15(12)14)11-24-16(19)22-18/h3-5,9-10H,6-8,11H2,1-2H3,(H2,19,22). The van der Waals surface area contributed by atoms with Crippen LogP contribution in [0.25, 0.3) is 11.1 Å². The molecule has 4 rings (SSSR count). The summed E-state index contributed by atoms with van der Waals surface area (Å²) in [5.41, 5.74) is 10.4. The second-order valence-corrected chi connectivity index (χ2v) is 6.75. The lowest BCUT2D eigenvalue weighted by atomic mass is 9.76. The van der Waals surface area contributed by atoms with Gasteiger partial charge in [0.1, 0.15) is 12.1 Å². The highest BCUT2D eigenvalue weighted by Crippen LogP contribution is 2.38. The van der Waals surface area contributed by atoms with Gasteiger partial charge in [0.2, 0.25) is 5.95 Å². The predicted octanol–water partition coefficient (Wildman–Crippen LogP) is 1.78. The monoisotopic (exact) mass is 323 g/mol. The first-order valence-electron chi connectivity index (χ1n) is 8.15. The molecular weight excluding hydrogens is 302 g/mol. The first-order chi connectivity index (χ1) is 11.6. The summed E-state index contributed by atoms with van der Waals surface area (Å²) in [5.74, 6) is 0.710. The van der Waals surface area contributed by atoms with E-state index in [4.69, 9.17) is 10.5 Å². The fourth-order valence-electron chi connectivity index (χ4n) is 3.55. The average molecular weight is 323 g/mol. The lowest BCUT2D eigenvalue weighted by molar-refractivity contribution is 0.235. The number of amidine groups is 1. The van der Waals surface area contributed by atoms with Gasteiger partial charge in [0, 0.05) is 38.5 Å². The molecule has 1 atom stereocenters. The molecule has 1 aliphatic carbocycles. The van der Waals surface area contributed by atoms with Gasteiger partial charge in [0.15, 0.2) is 0 Å². The molecule has 6 nitrogen and oxygen atoms in total. The van der Waals surface area contributed by atoms with Crippen molar-refractivity contribution in [1.82, 2.24) is 9.97 Å². The van der Waals surface area contributed by atoms with Crippen molar-refractivity contribution >= 4 is 12.0 Å². The second kappa shape index (κ2) is 5.47. The third kappa shape index (κ3) is 2.48. The van der Waals surface area contributed by atoms with Crippen LogP contribution >= 0.6 is 0 Å². The number of hydrogen-bond donors (Lipinski definition) is 1. The Morgan fingerprint density at radius 2 is 2.00 bits per heavy atom. The van der Waals surface area contributed by atoms with Crippen LogP contribution in [-0.4, -0.2) is 42.2 Å². The first kappa shape index (κ1) is 14.9. The van der Waals surface area contributed by atoms with E-state index in [2.05, 4.69) is 33.2 Å². The van der Waals surface area contributed by atoms with E-state index in [-0.39, 0.29) is 5.54 Å². The molecule has 1 aromatic heterocycles. The van der Waals surface area contributed by atoms with Crippen molar-refractivity contribution < 1.29 is 4.74 Å². The van der Waals surface area contributed by atoms with Gasteiger partial charge >= 0.3 is 0 Å². The molecular formula is C18H21N5O. The summed E-state index contributed by atoms with van der Waals surface area (Å²) in [6, 6.07) is 6.75. The SMILES string of the molecule is CN(C)c1ncc(-c2cccc3c2CC2(CC3)COC(N)=N2)cn1. The lowest BCUT2D eigenvalue weighted by Gasteiger charge is -2.31. The summed E-state index contributed by atoms with van der Waals surface area (Å²) < 4.78 is 5.45. The van der Waals surface area contributed by atoms with Crippen molar-refractivity contribution in [3.63, 3.8) is 0 Å². The van der Waals surface area contributed by atoms with Crippen LogP contribution in [0.15, 0.2) is 35.6 Å². The van der Waals surface area contributed by atoms with Crippen molar-refractivity contribution in [3.05, 3.63) is 41.7 Å². The Hall–Kier alpha value is -2.63. The van der Waals surface area contributed by atoms with Crippen molar-refractivity contribution in [2.75, 3.05) is 25.6 Å². The van der Waals surface area contributed by atoms with Gasteiger partial charge in [-0.2, -0.15) is 0 Å². The summed E-state index contributed by atoms with van der Waals surface area (Å²) in [6.07, 6.45) is 6.58. The summed E-state index contributed by atoms with van der Waals surface area (Å²) >= 11 is 0. The van der Waals surface area contributed by atoms with Crippen LogP contribution in [0, 0.1) is 0 Å². The van der Waals surface area contributed by atoms with Crippen molar-refractivity contribution in [1.29, 1.82) is 0 Å². The Morgan fingerprint density at radius 1 is 1.21 bits per heavy atom. The van der Waals surface area contributed by atoms with Gasteiger partial charge in [-0.15, -0.1) is 0 Å². The van der Waals surface area contributed by atoms with Gasteiger partial charge in [-0.1, -0.05) is 18.2 Å². The number of aryl methyl sites for hydroxylation is 1. The van der Waals surface area contributed by atoms with E-state index >= 15 is 0 Å². The molecule has 124 valence electrons. The maximum Gasteiger partial charge on any atom is 0.282 e. The number of aromatic nitrogens is 2. The average Bonchev–Trinajstić information content (AvgIpc) is 2.94. The van der Waals surface area contributed by atoms with Crippen LogP contribution in [-0.2, 0) is 17.6 Å². The molecule has 24 heavy (non-hydrogen) atoms. The number of ether oxygens (including phenoxy) is 1. The minimum atomic E-state index is -0.211. The largest absolute Gasteiger partial charge is 0.463 e. The number of rotatable bonds is 2. The molecule has 0 fully saturated rings. The Labute approximate surface area is 141 Å². The molecule has 1 aliphatic heterocycles. The Balaban J connectivity index is 1.74. The number of anilines is 1. The Kier molecular flexibility index (Phi) is 3.40. The lowest BCUT2D eigenvalue weighted by Crippen LogP contribution is -2.35. The fourth-order valence-corrected chi connectivity index (χ4v) is 3.55. The van der Waals surface area contributed by atoms with E-state index < -0.39 is 0 Å². The predicted molar refractivity (Wildman–Crippen MR) is 94.1 cm³/mol. The van der Waals surface area contributed by atoms with Crippen molar-refractivity contribution in [2.24, 2.45) is 10.7 Å². The Bertz CT molecular complexity index is 800. The van der Waals surface area contributed by atoms with Crippen LogP contribution in [0.3, 0.4) is 0 Å². The molecule has 2 N–H and O–H groups in total. The molecule has 6 heteroatoms. The van der Waals surface area contributed by atoms with Gasteiger partial charge in [-0.05, 0) is 29.5 Å². The van der Waals surface area contributed by atoms with Gasteiger partial charge < -0.3 is 15.4 Å². The van der Waals surface area contributed by atoms with E-state index in [0.717, 1.165) is 24.8 Å². The first-order valence-corrected chi connectivity index (χ1v) is 8.15. The zero-order valence-electron chi connectivity index (χ0n) is 14.0. The molecule has 0 amide bonds. The number of aliphatic imine (C=N–C) groups is 1. The van der Waals surface area contributed by atoms with E-state index in [1.54, 1.807) is 0 Å². The minimum absolute atomic E-state index is 0.211. The number of nitrogens with zero attached hydrogens (tertiary/aromatic N) is 4. The summed E-state index contributed by atoms with van der Waals surface area (Å²) in [4.78, 5) is 15.4. The molecule has 0 saturated carbocycles. The zero-order valence-corrected chi connectivity index (χ0v) is 14.0. The van der Waals surface area contributed by atoms with Gasteiger partial charge in [0.25, 0.3) is 6.02 Å². The van der Waals surface area contributed by atoms with E-state index in [0.29, 0.717) is 18.6 Å². The van der Waals surface area contributed by atoms with Crippen molar-refractivity contribution in [3.8, 4) is 11.1 Å². The fraction of sp³-hybridized carbons (Fsp3) is 0.389. The molecule has 0 bridgehead atoms. The third-order valence-electron chi connectivity index (χ3n) is 4.82. The van der Waals surface area contributed by atoms with E-state index in [1.165, 1.54) is 16.7 Å². The van der Waals surface area contributed by atoms with Crippen LogP contribution < -0.4 is 10.6 Å². The highest BCUT2D eigenvalue weighted by Gasteiger charge is 2.40. The molecule has 2 aromatic rings. The number of hydrogen-bond acceptors (Lipinski definition) is 6. The quantitative estimate of drug-likeness (QED) is 0.911. The molecule has 1 aromatic carbocycles.